The molecule has 1 aliphatic rings. The Morgan fingerprint density at radius 2 is 2.05 bits per heavy atom. The first kappa shape index (κ1) is 16.5. The van der Waals surface area contributed by atoms with Crippen molar-refractivity contribution in [1.82, 2.24) is 15.1 Å². The molecule has 1 saturated carbocycles. The molecule has 1 aromatic carbocycles. The number of nitrogens with one attached hydrogen (secondary N) is 2. The zero-order valence-electron chi connectivity index (χ0n) is 12.4. The molecule has 1 aliphatic carbocycles. The average Bonchev–Trinajstić information content (AvgIpc) is 3.21. The molecule has 118 valence electrons. The molecule has 1 amide bonds. The molecule has 3 rings (SSSR count). The molecule has 0 bridgehead atoms. The van der Waals surface area contributed by atoms with E-state index in [1.807, 2.05) is 29.1 Å². The molecule has 1 heterocycles. The molecular weight excluding hydrogens is 300 g/mol. The second-order valence-corrected chi connectivity index (χ2v) is 5.53. The molecule has 2 aromatic rings. The van der Waals surface area contributed by atoms with Crippen LogP contribution in [0.3, 0.4) is 0 Å². The van der Waals surface area contributed by atoms with Crippen molar-refractivity contribution in [2.75, 3.05) is 18.4 Å². The predicted molar refractivity (Wildman–Crippen MR) is 89.2 cm³/mol. The van der Waals surface area contributed by atoms with Gasteiger partial charge in [-0.3, -0.25) is 9.48 Å². The van der Waals surface area contributed by atoms with Crippen LogP contribution in [0.1, 0.15) is 18.4 Å². The predicted octanol–water partition coefficient (Wildman–Crippen LogP) is 2.29. The number of benzene rings is 1. The van der Waals surface area contributed by atoms with Crippen molar-refractivity contribution >= 4 is 24.0 Å². The van der Waals surface area contributed by atoms with Crippen LogP contribution in [0.4, 0.5) is 5.69 Å². The minimum atomic E-state index is -0.0186. The Kier molecular flexibility index (Phi) is 5.98. The second-order valence-electron chi connectivity index (χ2n) is 5.53. The lowest BCUT2D eigenvalue weighted by Gasteiger charge is -2.04. The third-order valence-corrected chi connectivity index (χ3v) is 3.52. The fraction of sp³-hybridized carbons (Fsp3) is 0.375. The lowest BCUT2D eigenvalue weighted by Crippen LogP contribution is -2.29. The number of halogens is 1. The van der Waals surface area contributed by atoms with Crippen molar-refractivity contribution in [1.29, 1.82) is 0 Å². The number of hydrogen-bond donors (Lipinski definition) is 2. The van der Waals surface area contributed by atoms with Gasteiger partial charge in [0, 0.05) is 6.20 Å². The van der Waals surface area contributed by atoms with Gasteiger partial charge in [0.1, 0.15) is 0 Å². The van der Waals surface area contributed by atoms with E-state index in [-0.39, 0.29) is 18.3 Å². The summed E-state index contributed by atoms with van der Waals surface area (Å²) in [7, 11) is 0. The van der Waals surface area contributed by atoms with E-state index in [1.54, 1.807) is 6.20 Å². The minimum absolute atomic E-state index is 0. The van der Waals surface area contributed by atoms with Gasteiger partial charge in [-0.1, -0.05) is 30.3 Å². The molecule has 5 nitrogen and oxygen atoms in total. The standard InChI is InChI=1S/C16H20N4O.ClH/c21-16(10-17-8-13-6-7-13)19-15-9-18-20(12-15)11-14-4-2-1-3-5-14;/h1-5,9,12-13,17H,6-8,10-11H2,(H,19,21);1H. The van der Waals surface area contributed by atoms with Crippen molar-refractivity contribution in [3.63, 3.8) is 0 Å². The highest BCUT2D eigenvalue weighted by Gasteiger charge is 2.20. The fourth-order valence-corrected chi connectivity index (χ4v) is 2.20. The van der Waals surface area contributed by atoms with Gasteiger partial charge in [-0.15, -0.1) is 12.4 Å². The van der Waals surface area contributed by atoms with E-state index in [2.05, 4.69) is 27.9 Å². The summed E-state index contributed by atoms with van der Waals surface area (Å²) in [6, 6.07) is 10.1. The van der Waals surface area contributed by atoms with Crippen LogP contribution in [0.15, 0.2) is 42.7 Å². The van der Waals surface area contributed by atoms with Crippen molar-refractivity contribution in [3.05, 3.63) is 48.3 Å². The number of anilines is 1. The Morgan fingerprint density at radius 1 is 1.27 bits per heavy atom. The van der Waals surface area contributed by atoms with Crippen LogP contribution in [-0.4, -0.2) is 28.8 Å². The van der Waals surface area contributed by atoms with Crippen LogP contribution in [-0.2, 0) is 11.3 Å². The normalized spacial score (nSPS) is 13.5. The van der Waals surface area contributed by atoms with Gasteiger partial charge in [0.15, 0.2) is 0 Å². The van der Waals surface area contributed by atoms with Gasteiger partial charge in [-0.05, 0) is 30.9 Å². The number of carbonyl (C=O) groups excluding carboxylic acids is 1. The van der Waals surface area contributed by atoms with Gasteiger partial charge in [0.25, 0.3) is 0 Å². The smallest absolute Gasteiger partial charge is 0.238 e. The SMILES string of the molecule is Cl.O=C(CNCC1CC1)Nc1cnn(Cc2ccccc2)c1. The number of amides is 1. The summed E-state index contributed by atoms with van der Waals surface area (Å²) >= 11 is 0. The molecule has 0 unspecified atom stereocenters. The highest BCUT2D eigenvalue weighted by Crippen LogP contribution is 2.27. The summed E-state index contributed by atoms with van der Waals surface area (Å²) in [5.41, 5.74) is 1.92. The maximum Gasteiger partial charge on any atom is 0.238 e. The summed E-state index contributed by atoms with van der Waals surface area (Å²) in [6.45, 7) is 2.01. The highest BCUT2D eigenvalue weighted by molar-refractivity contribution is 5.91. The lowest BCUT2D eigenvalue weighted by atomic mass is 10.2. The zero-order chi connectivity index (χ0) is 14.5. The Hall–Kier alpha value is -1.85. The van der Waals surface area contributed by atoms with Gasteiger partial charge in [-0.2, -0.15) is 5.10 Å². The third kappa shape index (κ3) is 5.16. The Morgan fingerprint density at radius 3 is 2.77 bits per heavy atom. The van der Waals surface area contributed by atoms with Gasteiger partial charge in [-0.25, -0.2) is 0 Å². The molecule has 1 fully saturated rings. The minimum Gasteiger partial charge on any atom is -0.322 e. The first-order valence-electron chi connectivity index (χ1n) is 7.36. The number of aromatic nitrogens is 2. The summed E-state index contributed by atoms with van der Waals surface area (Å²) in [5, 5.41) is 10.3. The maximum absolute atomic E-state index is 11.8. The van der Waals surface area contributed by atoms with E-state index in [0.717, 1.165) is 18.2 Å². The molecule has 2 N–H and O–H groups in total. The van der Waals surface area contributed by atoms with Gasteiger partial charge in [0.2, 0.25) is 5.91 Å². The van der Waals surface area contributed by atoms with Crippen molar-refractivity contribution in [2.24, 2.45) is 5.92 Å². The zero-order valence-corrected chi connectivity index (χ0v) is 13.2. The molecule has 0 spiro atoms. The summed E-state index contributed by atoms with van der Waals surface area (Å²) < 4.78 is 1.82. The number of hydrogen-bond acceptors (Lipinski definition) is 3. The maximum atomic E-state index is 11.8. The molecule has 0 saturated heterocycles. The van der Waals surface area contributed by atoms with Crippen LogP contribution in [0.25, 0.3) is 0 Å². The molecular formula is C16H21ClN4O. The van der Waals surface area contributed by atoms with Gasteiger partial charge in [0.05, 0.1) is 25.0 Å². The van der Waals surface area contributed by atoms with Crippen molar-refractivity contribution in [2.45, 2.75) is 19.4 Å². The van der Waals surface area contributed by atoms with Crippen LogP contribution >= 0.6 is 12.4 Å². The topological polar surface area (TPSA) is 59.0 Å². The molecule has 0 atom stereocenters. The second kappa shape index (κ2) is 7.96. The number of nitrogens with zero attached hydrogens (tertiary/aromatic N) is 2. The molecule has 22 heavy (non-hydrogen) atoms. The van der Waals surface area contributed by atoms with E-state index in [1.165, 1.54) is 18.4 Å². The average molecular weight is 321 g/mol. The summed E-state index contributed by atoms with van der Waals surface area (Å²) in [6.07, 6.45) is 6.12. The first-order valence-corrected chi connectivity index (χ1v) is 7.36. The van der Waals surface area contributed by atoms with Crippen LogP contribution in [0, 0.1) is 5.92 Å². The Bertz CT molecular complexity index is 595. The van der Waals surface area contributed by atoms with E-state index in [9.17, 15) is 4.79 Å². The monoisotopic (exact) mass is 320 g/mol. The lowest BCUT2D eigenvalue weighted by molar-refractivity contribution is -0.115. The Labute approximate surface area is 136 Å². The van der Waals surface area contributed by atoms with Crippen molar-refractivity contribution < 1.29 is 4.79 Å². The van der Waals surface area contributed by atoms with E-state index < -0.39 is 0 Å². The Balaban J connectivity index is 0.00000176. The molecule has 6 heteroatoms. The molecule has 0 aliphatic heterocycles. The van der Waals surface area contributed by atoms with Crippen LogP contribution < -0.4 is 10.6 Å². The van der Waals surface area contributed by atoms with Crippen LogP contribution in [0.2, 0.25) is 0 Å². The fourth-order valence-electron chi connectivity index (χ4n) is 2.20. The number of carbonyl (C=O) groups is 1. The van der Waals surface area contributed by atoms with E-state index in [0.29, 0.717) is 13.1 Å². The quantitative estimate of drug-likeness (QED) is 0.823. The molecule has 0 radical (unpaired) electrons. The summed E-state index contributed by atoms with van der Waals surface area (Å²) in [5.74, 6) is 0.765. The summed E-state index contributed by atoms with van der Waals surface area (Å²) in [4.78, 5) is 11.8. The van der Waals surface area contributed by atoms with Gasteiger partial charge < -0.3 is 10.6 Å². The third-order valence-electron chi connectivity index (χ3n) is 3.52. The van der Waals surface area contributed by atoms with Crippen LogP contribution in [0.5, 0.6) is 0 Å². The highest BCUT2D eigenvalue weighted by atomic mass is 35.5. The number of rotatable bonds is 7. The first-order chi connectivity index (χ1) is 10.3. The molecule has 1 aromatic heterocycles. The largest absolute Gasteiger partial charge is 0.322 e. The van der Waals surface area contributed by atoms with Crippen molar-refractivity contribution in [3.8, 4) is 0 Å². The van der Waals surface area contributed by atoms with E-state index in [4.69, 9.17) is 0 Å². The van der Waals surface area contributed by atoms with E-state index >= 15 is 0 Å². The van der Waals surface area contributed by atoms with Gasteiger partial charge >= 0.3 is 0 Å².